The van der Waals surface area contributed by atoms with Crippen LogP contribution in [0.25, 0.3) is 11.2 Å². The Morgan fingerprint density at radius 1 is 1.21 bits per heavy atom. The average Bonchev–Trinajstić information content (AvgIpc) is 2.94. The highest BCUT2D eigenvalue weighted by Gasteiger charge is 2.16. The largest absolute Gasteiger partial charge is 0.332 e. The van der Waals surface area contributed by atoms with E-state index in [1.165, 1.54) is 22.5 Å². The van der Waals surface area contributed by atoms with Gasteiger partial charge in [-0.05, 0) is 46.9 Å². The monoisotopic (exact) mass is 439 g/mol. The fourth-order valence-corrected chi connectivity index (χ4v) is 2.77. The number of amides is 1. The molecule has 9 heteroatoms. The minimum Gasteiger partial charge on any atom is -0.328 e. The highest BCUT2D eigenvalue weighted by Crippen LogP contribution is 2.11. The van der Waals surface area contributed by atoms with Gasteiger partial charge in [-0.1, -0.05) is 0 Å². The van der Waals surface area contributed by atoms with Crippen LogP contribution < -0.4 is 16.6 Å². The van der Waals surface area contributed by atoms with Crippen molar-refractivity contribution >= 4 is 45.3 Å². The fraction of sp³-hybridized carbons (Fsp3) is 0.200. The number of hydrogen-bond donors (Lipinski definition) is 1. The Hall–Kier alpha value is -2.43. The third-order valence-electron chi connectivity index (χ3n) is 3.63. The summed E-state index contributed by atoms with van der Waals surface area (Å²) in [6.45, 7) is -0.362. The number of nitrogens with zero attached hydrogens (tertiary/aromatic N) is 4. The summed E-state index contributed by atoms with van der Waals surface area (Å²) in [6, 6.07) is 7.21. The Kier molecular flexibility index (Phi) is 4.26. The van der Waals surface area contributed by atoms with E-state index in [4.69, 9.17) is 0 Å². The number of fused-ring (bicyclic) bond motifs is 1. The number of imidazole rings is 1. The summed E-state index contributed by atoms with van der Waals surface area (Å²) in [5, 5.41) is 2.68. The van der Waals surface area contributed by atoms with Gasteiger partial charge in [0.2, 0.25) is 5.91 Å². The number of rotatable bonds is 3. The van der Waals surface area contributed by atoms with Gasteiger partial charge in [-0.25, -0.2) is 14.3 Å². The second-order valence-electron chi connectivity index (χ2n) is 5.32. The van der Waals surface area contributed by atoms with E-state index in [0.717, 1.165) is 8.14 Å². The number of hydrogen-bond acceptors (Lipinski definition) is 4. The van der Waals surface area contributed by atoms with Crippen LogP contribution >= 0.6 is 22.6 Å². The van der Waals surface area contributed by atoms with Crippen LogP contribution in [-0.4, -0.2) is 24.6 Å². The van der Waals surface area contributed by atoms with Crippen molar-refractivity contribution in [2.45, 2.75) is 6.54 Å². The van der Waals surface area contributed by atoms with Crippen molar-refractivity contribution in [1.82, 2.24) is 18.7 Å². The molecule has 0 radical (unpaired) electrons. The molecular formula is C15H14IN5O3. The molecule has 3 aromatic rings. The first-order valence-corrected chi connectivity index (χ1v) is 8.12. The molecule has 124 valence electrons. The van der Waals surface area contributed by atoms with Crippen molar-refractivity contribution in [3.05, 3.63) is 55.0 Å². The number of carbonyl (C=O) groups is 1. The summed E-state index contributed by atoms with van der Waals surface area (Å²) in [5.41, 5.74) is 0.0580. The number of anilines is 1. The summed E-state index contributed by atoms with van der Waals surface area (Å²) in [7, 11) is 3.18. The second-order valence-corrected chi connectivity index (χ2v) is 6.56. The SMILES string of the molecule is Cn1cnc2c1c(=O)n(CC(=O)Nc1ccc(I)cc1)c(=O)n2C. The molecule has 0 saturated carbocycles. The number of benzene rings is 1. The lowest BCUT2D eigenvalue weighted by Gasteiger charge is -2.09. The predicted octanol–water partition coefficient (Wildman–Crippen LogP) is 0.677. The van der Waals surface area contributed by atoms with Crippen molar-refractivity contribution in [1.29, 1.82) is 0 Å². The van der Waals surface area contributed by atoms with Crippen LogP contribution in [0.4, 0.5) is 5.69 Å². The normalized spacial score (nSPS) is 11.0. The summed E-state index contributed by atoms with van der Waals surface area (Å²) >= 11 is 2.16. The van der Waals surface area contributed by atoms with Crippen LogP contribution in [0.3, 0.4) is 0 Å². The van der Waals surface area contributed by atoms with E-state index in [1.807, 2.05) is 12.1 Å². The Labute approximate surface area is 149 Å². The maximum absolute atomic E-state index is 12.5. The fourth-order valence-electron chi connectivity index (χ4n) is 2.41. The lowest BCUT2D eigenvalue weighted by molar-refractivity contribution is -0.116. The Bertz CT molecular complexity index is 1050. The van der Waals surface area contributed by atoms with Crippen LogP contribution in [0.1, 0.15) is 0 Å². The van der Waals surface area contributed by atoms with Gasteiger partial charge in [0.1, 0.15) is 6.54 Å². The van der Waals surface area contributed by atoms with Crippen LogP contribution in [0.2, 0.25) is 0 Å². The van der Waals surface area contributed by atoms with Crippen LogP contribution in [0.15, 0.2) is 40.2 Å². The van der Waals surface area contributed by atoms with E-state index in [2.05, 4.69) is 32.9 Å². The molecule has 0 aliphatic carbocycles. The van der Waals surface area contributed by atoms with Gasteiger partial charge < -0.3 is 9.88 Å². The third kappa shape index (κ3) is 2.86. The van der Waals surface area contributed by atoms with E-state index in [1.54, 1.807) is 19.2 Å². The number of carbonyl (C=O) groups excluding carboxylic acids is 1. The average molecular weight is 439 g/mol. The van der Waals surface area contributed by atoms with Crippen molar-refractivity contribution in [3.63, 3.8) is 0 Å². The molecular weight excluding hydrogens is 425 g/mol. The van der Waals surface area contributed by atoms with Crippen LogP contribution in [0, 0.1) is 3.57 Å². The zero-order chi connectivity index (χ0) is 17.4. The maximum Gasteiger partial charge on any atom is 0.332 e. The molecule has 0 bridgehead atoms. The van der Waals surface area contributed by atoms with Gasteiger partial charge in [-0.3, -0.25) is 14.2 Å². The molecule has 3 rings (SSSR count). The Morgan fingerprint density at radius 2 is 1.88 bits per heavy atom. The Morgan fingerprint density at radius 3 is 2.54 bits per heavy atom. The number of aryl methyl sites for hydroxylation is 2. The first-order chi connectivity index (χ1) is 11.4. The van der Waals surface area contributed by atoms with Crippen molar-refractivity contribution in [2.24, 2.45) is 14.1 Å². The molecule has 0 aliphatic rings. The summed E-state index contributed by atoms with van der Waals surface area (Å²) in [5.74, 6) is -0.447. The van der Waals surface area contributed by atoms with Gasteiger partial charge in [0, 0.05) is 23.4 Å². The molecule has 1 amide bonds. The molecule has 24 heavy (non-hydrogen) atoms. The summed E-state index contributed by atoms with van der Waals surface area (Å²) < 4.78 is 4.74. The lowest BCUT2D eigenvalue weighted by Crippen LogP contribution is -2.42. The second kappa shape index (κ2) is 6.23. The minimum absolute atomic E-state index is 0.277. The molecule has 0 atom stereocenters. The molecule has 0 spiro atoms. The van der Waals surface area contributed by atoms with Crippen molar-refractivity contribution in [2.75, 3.05) is 5.32 Å². The molecule has 0 fully saturated rings. The standard InChI is InChI=1S/C15H14IN5O3/c1-19-8-17-13-12(19)14(23)21(15(24)20(13)2)7-11(22)18-10-5-3-9(16)4-6-10/h3-6,8H,7H2,1-2H3,(H,18,22). The number of nitrogens with one attached hydrogen (secondary N) is 1. The van der Waals surface area contributed by atoms with Crippen LogP contribution in [0.5, 0.6) is 0 Å². The van der Waals surface area contributed by atoms with Crippen LogP contribution in [-0.2, 0) is 25.4 Å². The van der Waals surface area contributed by atoms with E-state index in [-0.39, 0.29) is 12.1 Å². The molecule has 0 aliphatic heterocycles. The topological polar surface area (TPSA) is 90.9 Å². The molecule has 1 aromatic carbocycles. The maximum atomic E-state index is 12.5. The minimum atomic E-state index is -0.580. The van der Waals surface area contributed by atoms with E-state index in [9.17, 15) is 14.4 Å². The predicted molar refractivity (Wildman–Crippen MR) is 98.0 cm³/mol. The van der Waals surface area contributed by atoms with Gasteiger partial charge in [0.05, 0.1) is 6.33 Å². The van der Waals surface area contributed by atoms with E-state index >= 15 is 0 Å². The van der Waals surface area contributed by atoms with Crippen molar-refractivity contribution in [3.8, 4) is 0 Å². The number of halogens is 1. The van der Waals surface area contributed by atoms with Crippen molar-refractivity contribution < 1.29 is 4.79 Å². The molecule has 8 nitrogen and oxygen atoms in total. The first kappa shape index (κ1) is 16.4. The zero-order valence-corrected chi connectivity index (χ0v) is 15.1. The summed E-state index contributed by atoms with van der Waals surface area (Å²) in [6.07, 6.45) is 1.46. The lowest BCUT2D eigenvalue weighted by atomic mass is 10.3. The first-order valence-electron chi connectivity index (χ1n) is 7.04. The zero-order valence-electron chi connectivity index (χ0n) is 13.0. The van der Waals surface area contributed by atoms with Gasteiger partial charge >= 0.3 is 5.69 Å². The molecule has 0 saturated heterocycles. The van der Waals surface area contributed by atoms with Gasteiger partial charge in [0.15, 0.2) is 11.2 Å². The van der Waals surface area contributed by atoms with E-state index < -0.39 is 17.2 Å². The van der Waals surface area contributed by atoms with E-state index in [0.29, 0.717) is 11.3 Å². The van der Waals surface area contributed by atoms with Gasteiger partial charge in [0.25, 0.3) is 5.56 Å². The Balaban J connectivity index is 1.96. The molecule has 0 unspecified atom stereocenters. The smallest absolute Gasteiger partial charge is 0.328 e. The summed E-state index contributed by atoms with van der Waals surface area (Å²) in [4.78, 5) is 41.1. The highest BCUT2D eigenvalue weighted by atomic mass is 127. The molecule has 1 N–H and O–H groups in total. The quantitative estimate of drug-likeness (QED) is 0.608. The highest BCUT2D eigenvalue weighted by molar-refractivity contribution is 14.1. The number of aromatic nitrogens is 4. The van der Waals surface area contributed by atoms with Gasteiger partial charge in [-0.15, -0.1) is 0 Å². The molecule has 2 heterocycles. The molecule has 2 aromatic heterocycles. The van der Waals surface area contributed by atoms with Gasteiger partial charge in [-0.2, -0.15) is 0 Å². The third-order valence-corrected chi connectivity index (χ3v) is 4.35.